The molecule has 5 N–H and O–H groups in total. The van der Waals surface area contributed by atoms with E-state index >= 15 is 0 Å². The predicted octanol–water partition coefficient (Wildman–Crippen LogP) is -2.72. The summed E-state index contributed by atoms with van der Waals surface area (Å²) in [7, 11) is 0. The van der Waals surface area contributed by atoms with Crippen molar-refractivity contribution >= 4 is 0 Å². The molecule has 0 aromatic heterocycles. The van der Waals surface area contributed by atoms with E-state index in [4.69, 9.17) is 20.4 Å². The normalized spacial score (nSPS) is 16.4. The topological polar surface area (TPSA) is 93.0 Å². The number of rotatable bonds is 6. The summed E-state index contributed by atoms with van der Waals surface area (Å²) in [5, 5.41) is 37.0. The first-order valence-electron chi connectivity index (χ1n) is 3.49. The van der Waals surface area contributed by atoms with Gasteiger partial charge >= 0.3 is 0 Å². The second-order valence-electron chi connectivity index (χ2n) is 2.33. The Morgan fingerprint density at radius 2 is 1.27 bits per heavy atom. The first-order chi connectivity index (χ1) is 5.20. The minimum Gasteiger partial charge on any atom is -0.394 e. The molecule has 2 atom stereocenters. The molecule has 0 aromatic carbocycles. The Labute approximate surface area is 65.3 Å². The molecule has 2 unspecified atom stereocenters. The molecular weight excluding hydrogens is 150 g/mol. The van der Waals surface area contributed by atoms with E-state index < -0.39 is 12.2 Å². The summed E-state index contributed by atoms with van der Waals surface area (Å²) in [6.45, 7) is -0.175. The van der Waals surface area contributed by atoms with Gasteiger partial charge in [-0.1, -0.05) is 0 Å². The molecule has 0 bridgehead atoms. The Morgan fingerprint density at radius 1 is 0.909 bits per heavy atom. The molecule has 11 heavy (non-hydrogen) atoms. The second kappa shape index (κ2) is 6.51. The van der Waals surface area contributed by atoms with Crippen molar-refractivity contribution in [2.24, 2.45) is 0 Å². The Bertz CT molecular complexity index is 80.7. The SMILES string of the molecule is OCC(O)CNCC(O)CO. The number of hydrogen-bond donors (Lipinski definition) is 5. The molecule has 0 fully saturated rings. The molecule has 0 spiro atoms. The number of nitrogens with one attached hydrogen (secondary N) is 1. The van der Waals surface area contributed by atoms with Gasteiger partial charge in [-0.2, -0.15) is 0 Å². The summed E-state index contributed by atoms with van der Waals surface area (Å²) in [5.74, 6) is 0. The van der Waals surface area contributed by atoms with Gasteiger partial charge in [-0.05, 0) is 0 Å². The number of hydrogen-bond acceptors (Lipinski definition) is 5. The highest BCUT2D eigenvalue weighted by Gasteiger charge is 2.03. The van der Waals surface area contributed by atoms with E-state index in [1.807, 2.05) is 0 Å². The standard InChI is InChI=1S/C6H15NO4/c8-3-5(10)1-7-2-6(11)4-9/h5-11H,1-4H2. The Hall–Kier alpha value is -0.200. The molecule has 0 saturated carbocycles. The second-order valence-corrected chi connectivity index (χ2v) is 2.33. The van der Waals surface area contributed by atoms with Crippen molar-refractivity contribution in [3.63, 3.8) is 0 Å². The smallest absolute Gasteiger partial charge is 0.0894 e. The van der Waals surface area contributed by atoms with Gasteiger partial charge in [0.15, 0.2) is 0 Å². The van der Waals surface area contributed by atoms with E-state index in [1.165, 1.54) is 0 Å². The van der Waals surface area contributed by atoms with Gasteiger partial charge in [0.05, 0.1) is 25.4 Å². The Morgan fingerprint density at radius 3 is 1.55 bits per heavy atom. The fourth-order valence-corrected chi connectivity index (χ4v) is 0.546. The fraction of sp³-hybridized carbons (Fsp3) is 1.00. The molecule has 0 aromatic rings. The van der Waals surface area contributed by atoms with Crippen molar-refractivity contribution in [3.05, 3.63) is 0 Å². The zero-order valence-corrected chi connectivity index (χ0v) is 6.27. The van der Waals surface area contributed by atoms with E-state index in [0.717, 1.165) is 0 Å². The molecule has 68 valence electrons. The molecule has 0 heterocycles. The first-order valence-corrected chi connectivity index (χ1v) is 3.49. The Balaban J connectivity index is 3.13. The van der Waals surface area contributed by atoms with E-state index in [2.05, 4.69) is 5.32 Å². The van der Waals surface area contributed by atoms with Crippen molar-refractivity contribution in [2.45, 2.75) is 12.2 Å². The van der Waals surface area contributed by atoms with Crippen molar-refractivity contribution in [2.75, 3.05) is 26.3 Å². The minimum absolute atomic E-state index is 0.216. The quantitative estimate of drug-likeness (QED) is 0.295. The van der Waals surface area contributed by atoms with Gasteiger partial charge < -0.3 is 25.7 Å². The lowest BCUT2D eigenvalue weighted by Crippen LogP contribution is -2.35. The van der Waals surface area contributed by atoms with Crippen molar-refractivity contribution in [3.8, 4) is 0 Å². The summed E-state index contributed by atoms with van der Waals surface area (Å²) < 4.78 is 0. The van der Waals surface area contributed by atoms with Gasteiger partial charge in [0.25, 0.3) is 0 Å². The van der Waals surface area contributed by atoms with Gasteiger partial charge in [-0.15, -0.1) is 0 Å². The van der Waals surface area contributed by atoms with Gasteiger partial charge in [-0.25, -0.2) is 0 Å². The third-order valence-corrected chi connectivity index (χ3v) is 1.18. The van der Waals surface area contributed by atoms with Crippen molar-refractivity contribution in [1.29, 1.82) is 0 Å². The van der Waals surface area contributed by atoms with Crippen LogP contribution in [0.1, 0.15) is 0 Å². The summed E-state index contributed by atoms with van der Waals surface area (Å²) in [6.07, 6.45) is -1.61. The predicted molar refractivity (Wildman–Crippen MR) is 39.1 cm³/mol. The minimum atomic E-state index is -0.805. The van der Waals surface area contributed by atoms with Gasteiger partial charge in [0, 0.05) is 13.1 Å². The highest BCUT2D eigenvalue weighted by Crippen LogP contribution is 1.79. The van der Waals surface area contributed by atoms with Crippen LogP contribution in [-0.2, 0) is 0 Å². The summed E-state index contributed by atoms with van der Waals surface area (Å²) in [4.78, 5) is 0. The van der Waals surface area contributed by atoms with Gasteiger partial charge in [0.2, 0.25) is 0 Å². The van der Waals surface area contributed by atoms with Crippen LogP contribution < -0.4 is 5.32 Å². The lowest BCUT2D eigenvalue weighted by Gasteiger charge is -2.10. The highest BCUT2D eigenvalue weighted by molar-refractivity contribution is 4.61. The van der Waals surface area contributed by atoms with Crippen LogP contribution in [0, 0.1) is 0 Å². The van der Waals surface area contributed by atoms with E-state index in [1.54, 1.807) is 0 Å². The zero-order chi connectivity index (χ0) is 8.69. The summed E-state index contributed by atoms with van der Waals surface area (Å²) in [5.41, 5.74) is 0. The molecule has 0 rings (SSSR count). The van der Waals surface area contributed by atoms with Crippen LogP contribution in [0.4, 0.5) is 0 Å². The third-order valence-electron chi connectivity index (χ3n) is 1.18. The van der Waals surface area contributed by atoms with Gasteiger partial charge in [0.1, 0.15) is 0 Å². The summed E-state index contributed by atoms with van der Waals surface area (Å²) in [6, 6.07) is 0. The number of aliphatic hydroxyl groups excluding tert-OH is 4. The van der Waals surface area contributed by atoms with Crippen LogP contribution >= 0.6 is 0 Å². The van der Waals surface area contributed by atoms with Crippen LogP contribution in [-0.4, -0.2) is 58.9 Å². The zero-order valence-electron chi connectivity index (χ0n) is 6.27. The van der Waals surface area contributed by atoms with Crippen molar-refractivity contribution < 1.29 is 20.4 Å². The molecule has 0 amide bonds. The maximum atomic E-state index is 8.79. The summed E-state index contributed by atoms with van der Waals surface area (Å²) >= 11 is 0. The maximum Gasteiger partial charge on any atom is 0.0894 e. The molecule has 0 saturated heterocycles. The molecule has 0 radical (unpaired) electrons. The van der Waals surface area contributed by atoms with E-state index in [9.17, 15) is 0 Å². The van der Waals surface area contributed by atoms with Crippen LogP contribution in [0.5, 0.6) is 0 Å². The average molecular weight is 165 g/mol. The Kier molecular flexibility index (Phi) is 6.39. The highest BCUT2D eigenvalue weighted by atomic mass is 16.3. The van der Waals surface area contributed by atoms with E-state index in [-0.39, 0.29) is 26.3 Å². The lowest BCUT2D eigenvalue weighted by molar-refractivity contribution is 0.0747. The van der Waals surface area contributed by atoms with Crippen LogP contribution in [0.15, 0.2) is 0 Å². The molecule has 5 heteroatoms. The molecule has 0 aliphatic heterocycles. The molecule has 5 nitrogen and oxygen atoms in total. The number of aliphatic hydroxyl groups is 4. The maximum absolute atomic E-state index is 8.79. The van der Waals surface area contributed by atoms with Crippen LogP contribution in [0.3, 0.4) is 0 Å². The third kappa shape index (κ3) is 6.21. The molecular formula is C6H15NO4. The first kappa shape index (κ1) is 10.8. The van der Waals surface area contributed by atoms with E-state index in [0.29, 0.717) is 0 Å². The monoisotopic (exact) mass is 165 g/mol. The fourth-order valence-electron chi connectivity index (χ4n) is 0.546. The average Bonchev–Trinajstić information content (AvgIpc) is 2.04. The molecule has 0 aliphatic rings. The molecule has 0 aliphatic carbocycles. The van der Waals surface area contributed by atoms with Gasteiger partial charge in [-0.3, -0.25) is 0 Å². The lowest BCUT2D eigenvalue weighted by atomic mass is 10.3. The van der Waals surface area contributed by atoms with Crippen LogP contribution in [0.25, 0.3) is 0 Å². The van der Waals surface area contributed by atoms with Crippen molar-refractivity contribution in [1.82, 2.24) is 5.32 Å². The van der Waals surface area contributed by atoms with Crippen LogP contribution in [0.2, 0.25) is 0 Å². The largest absolute Gasteiger partial charge is 0.394 e.